The largest absolute Gasteiger partial charge is 0.329 e. The second-order valence-electron chi connectivity index (χ2n) is 4.42. The van der Waals surface area contributed by atoms with Crippen LogP contribution in [0.1, 0.15) is 27.2 Å². The molecule has 1 aromatic heterocycles. The Hall–Kier alpha value is -2.08. The molecule has 0 saturated heterocycles. The molecule has 0 aliphatic heterocycles. The van der Waals surface area contributed by atoms with Crippen LogP contribution in [0.4, 0.5) is 4.39 Å². The highest BCUT2D eigenvalue weighted by Crippen LogP contribution is 2.18. The van der Waals surface area contributed by atoms with Gasteiger partial charge >= 0.3 is 0 Å². The third-order valence-electron chi connectivity index (χ3n) is 2.79. The molecule has 0 bridgehead atoms. The Morgan fingerprint density at radius 3 is 2.79 bits per heavy atom. The zero-order chi connectivity index (χ0) is 14.0. The molecule has 0 radical (unpaired) electrons. The van der Waals surface area contributed by atoms with E-state index in [0.29, 0.717) is 18.7 Å². The highest BCUT2D eigenvalue weighted by Gasteiger charge is 2.20. The molecule has 0 saturated carbocycles. The SMILES string of the molecule is Cc1cc(C)c(C(=O)c2cn(CCN)nn2)c(F)c1. The van der Waals surface area contributed by atoms with Gasteiger partial charge in [0.1, 0.15) is 5.82 Å². The molecule has 0 aliphatic rings. The maximum Gasteiger partial charge on any atom is 0.218 e. The van der Waals surface area contributed by atoms with Crippen molar-refractivity contribution in [1.82, 2.24) is 15.0 Å². The molecule has 6 heteroatoms. The third-order valence-corrected chi connectivity index (χ3v) is 2.79. The second-order valence-corrected chi connectivity index (χ2v) is 4.42. The van der Waals surface area contributed by atoms with Crippen molar-refractivity contribution in [3.8, 4) is 0 Å². The van der Waals surface area contributed by atoms with Gasteiger partial charge in [0.2, 0.25) is 5.78 Å². The van der Waals surface area contributed by atoms with Gasteiger partial charge in [-0.3, -0.25) is 9.48 Å². The average Bonchev–Trinajstić information content (AvgIpc) is 2.76. The van der Waals surface area contributed by atoms with Crippen LogP contribution in [0.15, 0.2) is 18.3 Å². The van der Waals surface area contributed by atoms with E-state index in [4.69, 9.17) is 5.73 Å². The van der Waals surface area contributed by atoms with E-state index in [-0.39, 0.29) is 11.3 Å². The highest BCUT2D eigenvalue weighted by atomic mass is 19.1. The van der Waals surface area contributed by atoms with E-state index >= 15 is 0 Å². The first-order chi connectivity index (χ1) is 9.02. The number of aryl methyl sites for hydroxylation is 2. The Balaban J connectivity index is 2.38. The number of aromatic nitrogens is 3. The number of rotatable bonds is 4. The first-order valence-corrected chi connectivity index (χ1v) is 5.94. The molecular formula is C13H15FN4O. The summed E-state index contributed by atoms with van der Waals surface area (Å²) in [6, 6.07) is 3.10. The molecule has 100 valence electrons. The van der Waals surface area contributed by atoms with Crippen molar-refractivity contribution in [2.75, 3.05) is 6.54 Å². The molecule has 0 unspecified atom stereocenters. The van der Waals surface area contributed by atoms with Crippen LogP contribution >= 0.6 is 0 Å². The summed E-state index contributed by atoms with van der Waals surface area (Å²) in [7, 11) is 0. The van der Waals surface area contributed by atoms with Gasteiger partial charge in [-0.25, -0.2) is 4.39 Å². The number of nitrogens with two attached hydrogens (primary N) is 1. The summed E-state index contributed by atoms with van der Waals surface area (Å²) in [6.07, 6.45) is 1.48. The highest BCUT2D eigenvalue weighted by molar-refractivity contribution is 6.08. The van der Waals surface area contributed by atoms with Gasteiger partial charge in [-0.1, -0.05) is 11.3 Å². The molecular weight excluding hydrogens is 247 g/mol. The molecule has 1 aromatic carbocycles. The number of carbonyl (C=O) groups excluding carboxylic acids is 1. The summed E-state index contributed by atoms with van der Waals surface area (Å²) < 4.78 is 15.4. The summed E-state index contributed by atoms with van der Waals surface area (Å²) in [5, 5.41) is 7.53. The number of benzene rings is 1. The van der Waals surface area contributed by atoms with Gasteiger partial charge in [0, 0.05) is 6.54 Å². The van der Waals surface area contributed by atoms with Crippen LogP contribution in [0.25, 0.3) is 0 Å². The Kier molecular flexibility index (Phi) is 3.71. The topological polar surface area (TPSA) is 73.8 Å². The van der Waals surface area contributed by atoms with Crippen molar-refractivity contribution in [3.05, 3.63) is 46.5 Å². The summed E-state index contributed by atoms with van der Waals surface area (Å²) >= 11 is 0. The minimum Gasteiger partial charge on any atom is -0.329 e. The van der Waals surface area contributed by atoms with Gasteiger partial charge in [0.15, 0.2) is 5.69 Å². The molecule has 2 N–H and O–H groups in total. The first kappa shape index (κ1) is 13.4. The smallest absolute Gasteiger partial charge is 0.218 e. The predicted molar refractivity (Wildman–Crippen MR) is 68.4 cm³/mol. The van der Waals surface area contributed by atoms with Gasteiger partial charge in [0.05, 0.1) is 18.3 Å². The van der Waals surface area contributed by atoms with E-state index in [1.165, 1.54) is 16.9 Å². The summed E-state index contributed by atoms with van der Waals surface area (Å²) in [5.41, 5.74) is 6.93. The normalized spacial score (nSPS) is 10.7. The average molecular weight is 262 g/mol. The van der Waals surface area contributed by atoms with Crippen molar-refractivity contribution in [1.29, 1.82) is 0 Å². The van der Waals surface area contributed by atoms with Crippen LogP contribution in [0, 0.1) is 19.7 Å². The Morgan fingerprint density at radius 1 is 1.42 bits per heavy atom. The van der Waals surface area contributed by atoms with Gasteiger partial charge in [-0.05, 0) is 31.0 Å². The van der Waals surface area contributed by atoms with E-state index in [0.717, 1.165) is 5.56 Å². The fourth-order valence-electron chi connectivity index (χ4n) is 1.98. The predicted octanol–water partition coefficient (Wildman–Crippen LogP) is 1.22. The van der Waals surface area contributed by atoms with Crippen LogP contribution in [0.5, 0.6) is 0 Å². The molecule has 0 spiro atoms. The molecule has 0 atom stereocenters. The number of carbonyl (C=O) groups is 1. The molecule has 5 nitrogen and oxygen atoms in total. The Morgan fingerprint density at radius 2 is 2.16 bits per heavy atom. The van der Waals surface area contributed by atoms with Crippen LogP contribution in [-0.4, -0.2) is 27.3 Å². The number of halogens is 1. The molecule has 0 fully saturated rings. The maximum atomic E-state index is 13.9. The molecule has 19 heavy (non-hydrogen) atoms. The Bertz CT molecular complexity index is 598. The number of nitrogens with zero attached hydrogens (tertiary/aromatic N) is 3. The lowest BCUT2D eigenvalue weighted by molar-refractivity contribution is 0.103. The molecule has 0 amide bonds. The maximum absolute atomic E-state index is 13.9. The fourth-order valence-corrected chi connectivity index (χ4v) is 1.98. The third kappa shape index (κ3) is 2.68. The zero-order valence-electron chi connectivity index (χ0n) is 10.9. The number of hydrogen-bond acceptors (Lipinski definition) is 4. The monoisotopic (exact) mass is 262 g/mol. The van der Waals surface area contributed by atoms with Gasteiger partial charge in [-0.2, -0.15) is 0 Å². The second kappa shape index (κ2) is 5.27. The van der Waals surface area contributed by atoms with Gasteiger partial charge in [-0.15, -0.1) is 5.10 Å². The molecule has 2 rings (SSSR count). The molecule has 0 aliphatic carbocycles. The van der Waals surface area contributed by atoms with Crippen molar-refractivity contribution in [2.45, 2.75) is 20.4 Å². The quantitative estimate of drug-likeness (QED) is 0.841. The summed E-state index contributed by atoms with van der Waals surface area (Å²) in [6.45, 7) is 4.35. The van der Waals surface area contributed by atoms with Crippen molar-refractivity contribution < 1.29 is 9.18 Å². The van der Waals surface area contributed by atoms with Gasteiger partial charge in [0.25, 0.3) is 0 Å². The molecule has 2 aromatic rings. The van der Waals surface area contributed by atoms with Crippen LogP contribution in [0.3, 0.4) is 0 Å². The first-order valence-electron chi connectivity index (χ1n) is 5.94. The van der Waals surface area contributed by atoms with E-state index in [2.05, 4.69) is 10.3 Å². The van der Waals surface area contributed by atoms with Gasteiger partial charge < -0.3 is 5.73 Å². The van der Waals surface area contributed by atoms with Crippen molar-refractivity contribution in [2.24, 2.45) is 5.73 Å². The Labute approximate surface area is 110 Å². The minimum absolute atomic E-state index is 0.0467. The van der Waals surface area contributed by atoms with E-state index < -0.39 is 11.6 Å². The number of hydrogen-bond donors (Lipinski definition) is 1. The van der Waals surface area contributed by atoms with E-state index in [9.17, 15) is 9.18 Å². The van der Waals surface area contributed by atoms with Crippen molar-refractivity contribution in [3.63, 3.8) is 0 Å². The van der Waals surface area contributed by atoms with E-state index in [1.807, 2.05) is 0 Å². The fraction of sp³-hybridized carbons (Fsp3) is 0.308. The van der Waals surface area contributed by atoms with Crippen molar-refractivity contribution >= 4 is 5.78 Å². The minimum atomic E-state index is -0.532. The number of ketones is 1. The zero-order valence-corrected chi connectivity index (χ0v) is 10.9. The van der Waals surface area contributed by atoms with E-state index in [1.54, 1.807) is 19.9 Å². The van der Waals surface area contributed by atoms with Crippen LogP contribution in [-0.2, 0) is 6.54 Å². The lowest BCUT2D eigenvalue weighted by Crippen LogP contribution is -2.10. The summed E-state index contributed by atoms with van der Waals surface area (Å²) in [4.78, 5) is 12.2. The lowest BCUT2D eigenvalue weighted by atomic mass is 10.00. The van der Waals surface area contributed by atoms with Crippen LogP contribution < -0.4 is 5.73 Å². The molecule has 1 heterocycles. The summed E-state index contributed by atoms with van der Waals surface area (Å²) in [5.74, 6) is -0.992. The lowest BCUT2D eigenvalue weighted by Gasteiger charge is -2.05. The van der Waals surface area contributed by atoms with Crippen LogP contribution in [0.2, 0.25) is 0 Å². The standard InChI is InChI=1S/C13H15FN4O/c1-8-5-9(2)12(10(14)6-8)13(19)11-7-18(4-3-15)17-16-11/h5-7H,3-4,15H2,1-2H3.